The molecule has 0 bridgehead atoms. The summed E-state index contributed by atoms with van der Waals surface area (Å²) in [6.07, 6.45) is 1.32. The molecule has 3 heterocycles. The monoisotopic (exact) mass is 383 g/mol. The van der Waals surface area contributed by atoms with Crippen molar-refractivity contribution in [3.63, 3.8) is 0 Å². The zero-order valence-electron chi connectivity index (χ0n) is 15.2. The number of nitrogens with one attached hydrogen (secondary N) is 4. The fourth-order valence-corrected chi connectivity index (χ4v) is 3.06. The number of fused-ring (bicyclic) bond motifs is 1. The van der Waals surface area contributed by atoms with E-state index in [-0.39, 0.29) is 17.3 Å². The molecule has 3 aromatic rings. The number of H-pyrrole nitrogens is 2. The van der Waals surface area contributed by atoms with Crippen molar-refractivity contribution < 1.29 is 14.3 Å². The van der Waals surface area contributed by atoms with Gasteiger partial charge in [-0.05, 0) is 12.1 Å². The van der Waals surface area contributed by atoms with E-state index in [1.165, 1.54) is 6.33 Å². The molecule has 0 atom stereocenters. The van der Waals surface area contributed by atoms with Gasteiger partial charge >= 0.3 is 0 Å². The molecule has 0 aliphatic carbocycles. The Morgan fingerprint density at radius 3 is 2.82 bits per heavy atom. The highest BCUT2D eigenvalue weighted by atomic mass is 16.5. The molecule has 1 aromatic carbocycles. The van der Waals surface area contributed by atoms with Crippen LogP contribution in [0.2, 0.25) is 0 Å². The molecule has 0 radical (unpaired) electrons. The van der Waals surface area contributed by atoms with Gasteiger partial charge in [0.2, 0.25) is 5.95 Å². The molecule has 0 unspecified atom stereocenters. The lowest BCUT2D eigenvalue weighted by molar-refractivity contribution is 0.0383. The first-order valence-corrected chi connectivity index (χ1v) is 9.08. The van der Waals surface area contributed by atoms with Gasteiger partial charge in [0.05, 0.1) is 30.6 Å². The molecule has 10 nitrogen and oxygen atoms in total. The van der Waals surface area contributed by atoms with Crippen LogP contribution in [0, 0.1) is 0 Å². The van der Waals surface area contributed by atoms with Gasteiger partial charge in [-0.2, -0.15) is 0 Å². The largest absolute Gasteiger partial charge is 0.379 e. The van der Waals surface area contributed by atoms with Crippen LogP contribution in [0.4, 0.5) is 5.95 Å². The summed E-state index contributed by atoms with van der Waals surface area (Å²) in [6, 6.07) is 7.43. The van der Waals surface area contributed by atoms with Gasteiger partial charge in [0.1, 0.15) is 5.69 Å². The molecule has 1 fully saturated rings. The predicted molar refractivity (Wildman–Crippen MR) is 102 cm³/mol. The normalized spacial score (nSPS) is 14.9. The number of hydrogen-bond donors (Lipinski definition) is 4. The fourth-order valence-electron chi connectivity index (χ4n) is 3.06. The minimum absolute atomic E-state index is 0.0179. The number of rotatable bonds is 6. The number of amides is 2. The second-order valence-electron chi connectivity index (χ2n) is 6.39. The molecule has 4 N–H and O–H groups in total. The summed E-state index contributed by atoms with van der Waals surface area (Å²) in [5.41, 5.74) is 1.68. The Hall–Kier alpha value is -3.24. The van der Waals surface area contributed by atoms with E-state index < -0.39 is 5.91 Å². The van der Waals surface area contributed by atoms with Crippen molar-refractivity contribution in [3.05, 3.63) is 42.0 Å². The summed E-state index contributed by atoms with van der Waals surface area (Å²) in [7, 11) is 0. The summed E-state index contributed by atoms with van der Waals surface area (Å²) < 4.78 is 5.30. The van der Waals surface area contributed by atoms with E-state index in [0.717, 1.165) is 30.7 Å². The van der Waals surface area contributed by atoms with Crippen LogP contribution in [0.1, 0.15) is 21.0 Å². The van der Waals surface area contributed by atoms with Crippen molar-refractivity contribution in [2.24, 2.45) is 0 Å². The summed E-state index contributed by atoms with van der Waals surface area (Å²) in [4.78, 5) is 41.2. The summed E-state index contributed by atoms with van der Waals surface area (Å²) >= 11 is 0. The Bertz CT molecular complexity index is 941. The average Bonchev–Trinajstić information content (AvgIpc) is 3.35. The van der Waals surface area contributed by atoms with Crippen LogP contribution in [0.25, 0.3) is 11.0 Å². The number of anilines is 1. The molecule has 1 saturated heterocycles. The number of carbonyl (C=O) groups excluding carboxylic acids is 2. The van der Waals surface area contributed by atoms with Crippen LogP contribution in [-0.4, -0.2) is 76.0 Å². The highest BCUT2D eigenvalue weighted by Crippen LogP contribution is 2.14. The number of benzene rings is 1. The van der Waals surface area contributed by atoms with Crippen molar-refractivity contribution in [1.82, 2.24) is 30.2 Å². The molecular weight excluding hydrogens is 362 g/mol. The molecule has 4 rings (SSSR count). The number of ether oxygens (including phenoxy) is 1. The Labute approximate surface area is 160 Å². The Kier molecular flexibility index (Phi) is 5.31. The number of para-hydroxylation sites is 2. The maximum atomic E-state index is 12.5. The van der Waals surface area contributed by atoms with Crippen LogP contribution in [0.15, 0.2) is 30.6 Å². The van der Waals surface area contributed by atoms with E-state index in [1.807, 2.05) is 24.3 Å². The molecule has 1 aliphatic rings. The number of hydrogen-bond acceptors (Lipinski definition) is 6. The zero-order valence-corrected chi connectivity index (χ0v) is 15.2. The third-order valence-corrected chi connectivity index (χ3v) is 4.52. The van der Waals surface area contributed by atoms with E-state index in [9.17, 15) is 9.59 Å². The lowest BCUT2D eigenvalue weighted by atomic mass is 10.3. The second kappa shape index (κ2) is 8.19. The molecule has 1 aliphatic heterocycles. The highest BCUT2D eigenvalue weighted by Gasteiger charge is 2.21. The maximum Gasteiger partial charge on any atom is 0.279 e. The van der Waals surface area contributed by atoms with Gasteiger partial charge in [-0.15, -0.1) is 0 Å². The van der Waals surface area contributed by atoms with Gasteiger partial charge in [-0.3, -0.25) is 19.8 Å². The Morgan fingerprint density at radius 1 is 1.18 bits per heavy atom. The summed E-state index contributed by atoms with van der Waals surface area (Å²) in [6.45, 7) is 4.32. The van der Waals surface area contributed by atoms with Crippen molar-refractivity contribution in [3.8, 4) is 0 Å². The van der Waals surface area contributed by atoms with Gasteiger partial charge in [-0.1, -0.05) is 12.1 Å². The number of nitrogens with zero attached hydrogens (tertiary/aromatic N) is 3. The second-order valence-corrected chi connectivity index (χ2v) is 6.39. The molecule has 146 valence electrons. The number of aromatic nitrogens is 4. The fraction of sp³-hybridized carbons (Fsp3) is 0.333. The number of morpholine rings is 1. The molecule has 10 heteroatoms. The van der Waals surface area contributed by atoms with E-state index in [1.54, 1.807) is 0 Å². The quantitative estimate of drug-likeness (QED) is 0.494. The standard InChI is InChI=1S/C18H21N7O3/c26-16(19-5-6-25-7-9-28-10-8-25)14-15(21-11-20-14)17(27)24-18-22-12-3-1-2-4-13(12)23-18/h1-4,11H,5-10H2,(H,19,26)(H,20,21)(H2,22,23,24,27). The van der Waals surface area contributed by atoms with E-state index in [4.69, 9.17) is 4.74 Å². The predicted octanol–water partition coefficient (Wildman–Crippen LogP) is 0.600. The smallest absolute Gasteiger partial charge is 0.279 e. The summed E-state index contributed by atoms with van der Waals surface area (Å²) in [5.74, 6) is -0.591. The minimum atomic E-state index is -0.515. The van der Waals surface area contributed by atoms with Crippen LogP contribution in [0.5, 0.6) is 0 Å². The van der Waals surface area contributed by atoms with Crippen molar-refractivity contribution >= 4 is 28.8 Å². The molecule has 2 amide bonds. The van der Waals surface area contributed by atoms with E-state index >= 15 is 0 Å². The van der Waals surface area contributed by atoms with Gasteiger partial charge in [0, 0.05) is 26.2 Å². The van der Waals surface area contributed by atoms with Crippen LogP contribution >= 0.6 is 0 Å². The Morgan fingerprint density at radius 2 is 2.00 bits per heavy atom. The average molecular weight is 383 g/mol. The van der Waals surface area contributed by atoms with Gasteiger partial charge in [0.15, 0.2) is 5.69 Å². The lowest BCUT2D eigenvalue weighted by Gasteiger charge is -2.26. The maximum absolute atomic E-state index is 12.5. The first kappa shape index (κ1) is 18.1. The molecule has 0 spiro atoms. The first-order valence-electron chi connectivity index (χ1n) is 9.08. The Balaban J connectivity index is 1.36. The first-order chi connectivity index (χ1) is 13.7. The van der Waals surface area contributed by atoms with Crippen LogP contribution in [-0.2, 0) is 4.74 Å². The highest BCUT2D eigenvalue weighted by molar-refractivity contribution is 6.09. The lowest BCUT2D eigenvalue weighted by Crippen LogP contribution is -2.41. The van der Waals surface area contributed by atoms with Gasteiger partial charge in [-0.25, -0.2) is 9.97 Å². The van der Waals surface area contributed by atoms with E-state index in [0.29, 0.717) is 25.7 Å². The van der Waals surface area contributed by atoms with E-state index in [2.05, 4.69) is 35.5 Å². The molecular formula is C18H21N7O3. The topological polar surface area (TPSA) is 128 Å². The minimum Gasteiger partial charge on any atom is -0.379 e. The van der Waals surface area contributed by atoms with Crippen molar-refractivity contribution in [2.45, 2.75) is 0 Å². The number of aromatic amines is 2. The molecule has 0 saturated carbocycles. The van der Waals surface area contributed by atoms with Crippen molar-refractivity contribution in [1.29, 1.82) is 0 Å². The third-order valence-electron chi connectivity index (χ3n) is 4.52. The molecule has 2 aromatic heterocycles. The SMILES string of the molecule is O=C(Nc1nc2ccccc2[nH]1)c1nc[nH]c1C(=O)NCCN1CCOCC1. The van der Waals surface area contributed by atoms with Crippen LogP contribution < -0.4 is 10.6 Å². The number of carbonyl (C=O) groups is 2. The third kappa shape index (κ3) is 4.02. The number of imidazole rings is 2. The molecule has 28 heavy (non-hydrogen) atoms. The van der Waals surface area contributed by atoms with Gasteiger partial charge in [0.25, 0.3) is 11.8 Å². The zero-order chi connectivity index (χ0) is 19.3. The summed E-state index contributed by atoms with van der Waals surface area (Å²) in [5, 5.41) is 5.46. The van der Waals surface area contributed by atoms with Gasteiger partial charge < -0.3 is 20.0 Å². The van der Waals surface area contributed by atoms with Crippen molar-refractivity contribution in [2.75, 3.05) is 44.7 Å². The van der Waals surface area contributed by atoms with Crippen LogP contribution in [0.3, 0.4) is 0 Å².